The zero-order valence-electron chi connectivity index (χ0n) is 7.14. The summed E-state index contributed by atoms with van der Waals surface area (Å²) in [5, 5.41) is 0. The maximum Gasteiger partial charge on any atom is -0.00461 e. The quantitative estimate of drug-likeness (QED) is 0.639. The minimum atomic E-state index is 0.856. The highest BCUT2D eigenvalue weighted by Gasteiger charge is 2.32. The van der Waals surface area contributed by atoms with Crippen molar-refractivity contribution in [2.24, 2.45) is 23.5 Å². The molecule has 0 radical (unpaired) electrons. The summed E-state index contributed by atoms with van der Waals surface area (Å²) >= 11 is 0. The van der Waals surface area contributed by atoms with E-state index in [2.05, 4.69) is 13.8 Å². The van der Waals surface area contributed by atoms with Crippen LogP contribution in [0.4, 0.5) is 0 Å². The molecule has 1 nitrogen and oxygen atoms in total. The molecule has 0 aromatic carbocycles. The Balaban J connectivity index is 2.27. The van der Waals surface area contributed by atoms with Crippen molar-refractivity contribution in [1.82, 2.24) is 0 Å². The lowest BCUT2D eigenvalue weighted by Crippen LogP contribution is -2.36. The van der Waals surface area contributed by atoms with Gasteiger partial charge in [-0.1, -0.05) is 20.3 Å². The highest BCUT2D eigenvalue weighted by Crippen LogP contribution is 2.39. The third-order valence-electron chi connectivity index (χ3n) is 3.15. The minimum Gasteiger partial charge on any atom is -0.330 e. The molecule has 0 aromatic rings. The van der Waals surface area contributed by atoms with Gasteiger partial charge in [-0.15, -0.1) is 0 Å². The zero-order valence-corrected chi connectivity index (χ0v) is 7.14. The Bertz CT molecular complexity index is 92.1. The van der Waals surface area contributed by atoms with Gasteiger partial charge in [0.15, 0.2) is 0 Å². The van der Waals surface area contributed by atoms with Gasteiger partial charge in [0.25, 0.3) is 0 Å². The van der Waals surface area contributed by atoms with Gasteiger partial charge in [0, 0.05) is 0 Å². The maximum absolute atomic E-state index is 5.62. The van der Waals surface area contributed by atoms with Crippen LogP contribution in [0.15, 0.2) is 0 Å². The first-order chi connectivity index (χ1) is 4.79. The number of rotatable bonds is 3. The van der Waals surface area contributed by atoms with Crippen molar-refractivity contribution in [3.05, 3.63) is 0 Å². The van der Waals surface area contributed by atoms with Crippen LogP contribution in [0.3, 0.4) is 0 Å². The minimum absolute atomic E-state index is 0.856. The normalized spacial score (nSPS) is 35.1. The smallest absolute Gasteiger partial charge is 0.00461 e. The van der Waals surface area contributed by atoms with Crippen molar-refractivity contribution in [3.63, 3.8) is 0 Å². The molecule has 3 unspecified atom stereocenters. The molecule has 0 amide bonds. The molecule has 1 aliphatic rings. The fourth-order valence-electron chi connectivity index (χ4n) is 1.94. The number of hydrogen-bond acceptors (Lipinski definition) is 1. The van der Waals surface area contributed by atoms with Gasteiger partial charge >= 0.3 is 0 Å². The van der Waals surface area contributed by atoms with Gasteiger partial charge in [0.2, 0.25) is 0 Å². The topological polar surface area (TPSA) is 26.0 Å². The fourth-order valence-corrected chi connectivity index (χ4v) is 1.94. The van der Waals surface area contributed by atoms with E-state index in [0.717, 1.165) is 24.3 Å². The molecule has 0 aliphatic heterocycles. The van der Waals surface area contributed by atoms with Crippen molar-refractivity contribution < 1.29 is 0 Å². The van der Waals surface area contributed by atoms with Gasteiger partial charge in [-0.3, -0.25) is 0 Å². The Morgan fingerprint density at radius 3 is 2.50 bits per heavy atom. The molecule has 0 aromatic heterocycles. The van der Waals surface area contributed by atoms with Gasteiger partial charge in [-0.05, 0) is 37.1 Å². The third kappa shape index (κ3) is 1.34. The second-order valence-electron chi connectivity index (χ2n) is 3.62. The first kappa shape index (κ1) is 8.06. The van der Waals surface area contributed by atoms with Crippen LogP contribution in [0.2, 0.25) is 0 Å². The van der Waals surface area contributed by atoms with Crippen molar-refractivity contribution in [2.75, 3.05) is 6.54 Å². The van der Waals surface area contributed by atoms with Crippen molar-refractivity contribution in [1.29, 1.82) is 0 Å². The highest BCUT2D eigenvalue weighted by molar-refractivity contribution is 4.84. The van der Waals surface area contributed by atoms with Gasteiger partial charge in [0.1, 0.15) is 0 Å². The monoisotopic (exact) mass is 141 g/mol. The lowest BCUT2D eigenvalue weighted by molar-refractivity contribution is 0.117. The Labute approximate surface area is 64.0 Å². The Hall–Kier alpha value is -0.0400. The van der Waals surface area contributed by atoms with Crippen LogP contribution >= 0.6 is 0 Å². The summed E-state index contributed by atoms with van der Waals surface area (Å²) in [6, 6.07) is 0. The largest absolute Gasteiger partial charge is 0.330 e. The molecule has 1 heteroatoms. The second-order valence-corrected chi connectivity index (χ2v) is 3.62. The van der Waals surface area contributed by atoms with Crippen molar-refractivity contribution in [3.8, 4) is 0 Å². The number of nitrogens with two attached hydrogens (primary N) is 1. The Morgan fingerprint density at radius 2 is 2.20 bits per heavy atom. The Morgan fingerprint density at radius 1 is 1.50 bits per heavy atom. The molecule has 1 rings (SSSR count). The Kier molecular flexibility index (Phi) is 2.72. The molecule has 2 N–H and O–H groups in total. The molecule has 0 heterocycles. The molecule has 1 saturated carbocycles. The van der Waals surface area contributed by atoms with E-state index in [4.69, 9.17) is 5.73 Å². The van der Waals surface area contributed by atoms with Gasteiger partial charge < -0.3 is 5.73 Å². The third-order valence-corrected chi connectivity index (χ3v) is 3.15. The van der Waals surface area contributed by atoms with Crippen molar-refractivity contribution in [2.45, 2.75) is 33.1 Å². The van der Waals surface area contributed by atoms with Crippen LogP contribution < -0.4 is 5.73 Å². The van der Waals surface area contributed by atoms with E-state index >= 15 is 0 Å². The molecule has 0 saturated heterocycles. The van der Waals surface area contributed by atoms with E-state index < -0.39 is 0 Å². The van der Waals surface area contributed by atoms with Crippen molar-refractivity contribution >= 4 is 0 Å². The standard InChI is InChI=1S/C9H19N/c1-3-7(2)9-5-4-8(9)6-10/h7-9H,3-6,10H2,1-2H3. The first-order valence-corrected chi connectivity index (χ1v) is 4.49. The summed E-state index contributed by atoms with van der Waals surface area (Å²) in [4.78, 5) is 0. The van der Waals surface area contributed by atoms with Crippen LogP contribution in [0, 0.1) is 17.8 Å². The second kappa shape index (κ2) is 3.38. The highest BCUT2D eigenvalue weighted by atomic mass is 14.6. The van der Waals surface area contributed by atoms with Crippen LogP contribution in [-0.4, -0.2) is 6.54 Å². The SMILES string of the molecule is CCC(C)C1CCC1CN. The zero-order chi connectivity index (χ0) is 7.56. The fraction of sp³-hybridized carbons (Fsp3) is 1.00. The van der Waals surface area contributed by atoms with Gasteiger partial charge in [-0.25, -0.2) is 0 Å². The average molecular weight is 141 g/mol. The number of hydrogen-bond donors (Lipinski definition) is 1. The van der Waals surface area contributed by atoms with Crippen LogP contribution in [-0.2, 0) is 0 Å². The molecular weight excluding hydrogens is 122 g/mol. The summed E-state index contributed by atoms with van der Waals surface area (Å²) in [6.07, 6.45) is 4.13. The van der Waals surface area contributed by atoms with Gasteiger partial charge in [0.05, 0.1) is 0 Å². The lowest BCUT2D eigenvalue weighted by atomic mass is 9.67. The molecule has 60 valence electrons. The summed E-state index contributed by atoms with van der Waals surface area (Å²) in [7, 11) is 0. The molecular formula is C9H19N. The molecule has 10 heavy (non-hydrogen) atoms. The predicted molar refractivity (Wildman–Crippen MR) is 44.7 cm³/mol. The molecule has 1 aliphatic carbocycles. The average Bonchev–Trinajstić information content (AvgIpc) is 1.86. The first-order valence-electron chi connectivity index (χ1n) is 4.49. The van der Waals surface area contributed by atoms with Gasteiger partial charge in [-0.2, -0.15) is 0 Å². The molecule has 1 fully saturated rings. The predicted octanol–water partition coefficient (Wildman–Crippen LogP) is 2.02. The maximum atomic E-state index is 5.62. The molecule has 0 spiro atoms. The summed E-state index contributed by atoms with van der Waals surface area (Å²) in [5.41, 5.74) is 5.62. The molecule has 0 bridgehead atoms. The van der Waals surface area contributed by atoms with E-state index in [1.807, 2.05) is 0 Å². The van der Waals surface area contributed by atoms with E-state index in [1.165, 1.54) is 19.3 Å². The van der Waals surface area contributed by atoms with E-state index in [1.54, 1.807) is 0 Å². The lowest BCUT2D eigenvalue weighted by Gasteiger charge is -2.39. The summed E-state index contributed by atoms with van der Waals surface area (Å²) in [6.45, 7) is 5.54. The van der Waals surface area contributed by atoms with Crippen LogP contribution in [0.5, 0.6) is 0 Å². The molecule has 3 atom stereocenters. The van der Waals surface area contributed by atoms with E-state index in [0.29, 0.717) is 0 Å². The summed E-state index contributed by atoms with van der Waals surface area (Å²) in [5.74, 6) is 2.72. The summed E-state index contributed by atoms with van der Waals surface area (Å²) < 4.78 is 0. The van der Waals surface area contributed by atoms with E-state index in [-0.39, 0.29) is 0 Å². The van der Waals surface area contributed by atoms with Crippen LogP contribution in [0.25, 0.3) is 0 Å². The van der Waals surface area contributed by atoms with E-state index in [9.17, 15) is 0 Å². The van der Waals surface area contributed by atoms with Crippen LogP contribution in [0.1, 0.15) is 33.1 Å².